The molecule has 6 nitrogen and oxygen atoms in total. The molecule has 1 aromatic rings. The van der Waals surface area contributed by atoms with Crippen molar-refractivity contribution in [2.24, 2.45) is 4.99 Å². The zero-order chi connectivity index (χ0) is 17.1. The molecule has 2 atom stereocenters. The molecule has 0 spiro atoms. The summed E-state index contributed by atoms with van der Waals surface area (Å²) >= 11 is 0. The predicted octanol–water partition coefficient (Wildman–Crippen LogP) is 2.48. The van der Waals surface area contributed by atoms with E-state index in [1.165, 1.54) is 19.3 Å². The Morgan fingerprint density at radius 3 is 2.88 bits per heavy atom. The predicted molar refractivity (Wildman–Crippen MR) is 96.1 cm³/mol. The molecular weight excluding hydrogens is 302 g/mol. The Labute approximate surface area is 145 Å². The SMILES string of the molecule is CCNC(=NCc1cc(C(C)C)no1)NC1CC(C)N(C2CC2)C1. The number of aliphatic imine (C=N–C) groups is 1. The Bertz CT molecular complexity index is 564. The maximum Gasteiger partial charge on any atom is 0.191 e. The molecule has 2 N–H and O–H groups in total. The number of hydrogen-bond donors (Lipinski definition) is 2. The molecule has 0 amide bonds. The first-order valence-electron chi connectivity index (χ1n) is 9.32. The lowest BCUT2D eigenvalue weighted by atomic mass is 10.1. The van der Waals surface area contributed by atoms with Crippen LogP contribution in [-0.2, 0) is 6.54 Å². The van der Waals surface area contributed by atoms with Crippen LogP contribution in [0.25, 0.3) is 0 Å². The fourth-order valence-electron chi connectivity index (χ4n) is 3.42. The first-order chi connectivity index (χ1) is 11.6. The molecule has 1 saturated carbocycles. The third kappa shape index (κ3) is 4.29. The fourth-order valence-corrected chi connectivity index (χ4v) is 3.42. The number of hydrogen-bond acceptors (Lipinski definition) is 4. The lowest BCUT2D eigenvalue weighted by Gasteiger charge is -2.20. The van der Waals surface area contributed by atoms with Gasteiger partial charge in [0, 0.05) is 37.3 Å². The fraction of sp³-hybridized carbons (Fsp3) is 0.778. The average molecular weight is 333 g/mol. The molecule has 2 heterocycles. The minimum Gasteiger partial charge on any atom is -0.359 e. The summed E-state index contributed by atoms with van der Waals surface area (Å²) in [5.41, 5.74) is 0.989. The molecule has 1 aromatic heterocycles. The molecule has 2 unspecified atom stereocenters. The summed E-state index contributed by atoms with van der Waals surface area (Å²) in [4.78, 5) is 7.32. The molecule has 134 valence electrons. The van der Waals surface area contributed by atoms with Crippen LogP contribution in [0.3, 0.4) is 0 Å². The highest BCUT2D eigenvalue weighted by molar-refractivity contribution is 5.80. The Morgan fingerprint density at radius 2 is 2.25 bits per heavy atom. The number of nitrogens with one attached hydrogen (secondary N) is 2. The van der Waals surface area contributed by atoms with Gasteiger partial charge >= 0.3 is 0 Å². The van der Waals surface area contributed by atoms with E-state index in [1.54, 1.807) is 0 Å². The Balaban J connectivity index is 1.57. The van der Waals surface area contributed by atoms with E-state index in [0.29, 0.717) is 24.5 Å². The van der Waals surface area contributed by atoms with Crippen LogP contribution in [0.2, 0.25) is 0 Å². The third-order valence-electron chi connectivity index (χ3n) is 4.89. The summed E-state index contributed by atoms with van der Waals surface area (Å²) in [5.74, 6) is 2.07. The van der Waals surface area contributed by atoms with Crippen LogP contribution < -0.4 is 10.6 Å². The third-order valence-corrected chi connectivity index (χ3v) is 4.89. The Kier molecular flexibility index (Phi) is 5.43. The molecule has 1 aliphatic carbocycles. The molecule has 1 aliphatic heterocycles. The smallest absolute Gasteiger partial charge is 0.191 e. The van der Waals surface area contributed by atoms with E-state index in [4.69, 9.17) is 4.52 Å². The maximum absolute atomic E-state index is 5.38. The van der Waals surface area contributed by atoms with E-state index in [-0.39, 0.29) is 0 Å². The van der Waals surface area contributed by atoms with Crippen LogP contribution in [0.5, 0.6) is 0 Å². The zero-order valence-corrected chi connectivity index (χ0v) is 15.4. The van der Waals surface area contributed by atoms with Gasteiger partial charge in [-0.2, -0.15) is 0 Å². The van der Waals surface area contributed by atoms with Crippen molar-refractivity contribution in [2.45, 2.75) is 77.5 Å². The van der Waals surface area contributed by atoms with Crippen molar-refractivity contribution in [1.29, 1.82) is 0 Å². The van der Waals surface area contributed by atoms with Gasteiger partial charge in [0.15, 0.2) is 11.7 Å². The van der Waals surface area contributed by atoms with Crippen LogP contribution in [0, 0.1) is 0 Å². The minimum atomic E-state index is 0.381. The molecule has 0 aromatic carbocycles. The van der Waals surface area contributed by atoms with Gasteiger partial charge in [0.25, 0.3) is 0 Å². The quantitative estimate of drug-likeness (QED) is 0.618. The van der Waals surface area contributed by atoms with Gasteiger partial charge in [-0.1, -0.05) is 19.0 Å². The van der Waals surface area contributed by atoms with E-state index in [1.807, 2.05) is 6.07 Å². The number of aromatic nitrogens is 1. The van der Waals surface area contributed by atoms with Crippen molar-refractivity contribution in [3.05, 3.63) is 17.5 Å². The first kappa shape index (κ1) is 17.3. The molecular formula is C18H31N5O. The maximum atomic E-state index is 5.38. The van der Waals surface area contributed by atoms with Crippen LogP contribution in [0.15, 0.2) is 15.6 Å². The number of nitrogens with zero attached hydrogens (tertiary/aromatic N) is 3. The standard InChI is InChI=1S/C18H31N5O/c1-5-19-18(20-10-16-9-17(12(2)3)22-24-16)21-14-8-13(4)23(11-14)15-6-7-15/h9,12-15H,5-8,10-11H2,1-4H3,(H2,19,20,21). The number of likely N-dealkylation sites (tertiary alicyclic amines) is 1. The van der Waals surface area contributed by atoms with Crippen molar-refractivity contribution in [3.8, 4) is 0 Å². The van der Waals surface area contributed by atoms with Crippen LogP contribution >= 0.6 is 0 Å². The summed E-state index contributed by atoms with van der Waals surface area (Å²) < 4.78 is 5.38. The van der Waals surface area contributed by atoms with Gasteiger partial charge < -0.3 is 15.2 Å². The van der Waals surface area contributed by atoms with Gasteiger partial charge in [-0.25, -0.2) is 4.99 Å². The highest BCUT2D eigenvalue weighted by Gasteiger charge is 2.38. The highest BCUT2D eigenvalue weighted by atomic mass is 16.5. The molecule has 1 saturated heterocycles. The summed E-state index contributed by atoms with van der Waals surface area (Å²) in [5, 5.41) is 11.0. The Morgan fingerprint density at radius 1 is 1.46 bits per heavy atom. The first-order valence-corrected chi connectivity index (χ1v) is 9.32. The van der Waals surface area contributed by atoms with E-state index < -0.39 is 0 Å². The second-order valence-electron chi connectivity index (χ2n) is 7.42. The van der Waals surface area contributed by atoms with Crippen molar-refractivity contribution >= 4 is 5.96 Å². The number of rotatable bonds is 6. The monoisotopic (exact) mass is 333 g/mol. The van der Waals surface area contributed by atoms with Crippen molar-refractivity contribution in [2.75, 3.05) is 13.1 Å². The molecule has 2 fully saturated rings. The molecule has 2 aliphatic rings. The van der Waals surface area contributed by atoms with E-state index in [2.05, 4.69) is 53.4 Å². The largest absolute Gasteiger partial charge is 0.359 e. The van der Waals surface area contributed by atoms with Crippen LogP contribution in [0.1, 0.15) is 64.3 Å². The van der Waals surface area contributed by atoms with Crippen molar-refractivity contribution in [1.82, 2.24) is 20.7 Å². The molecule has 6 heteroatoms. The van der Waals surface area contributed by atoms with Crippen molar-refractivity contribution < 1.29 is 4.52 Å². The normalized spacial score (nSPS) is 25.5. The van der Waals surface area contributed by atoms with Crippen LogP contribution in [-0.4, -0.2) is 47.2 Å². The van der Waals surface area contributed by atoms with Gasteiger partial charge in [-0.05, 0) is 39.0 Å². The van der Waals surface area contributed by atoms with E-state index >= 15 is 0 Å². The minimum absolute atomic E-state index is 0.381. The summed E-state index contributed by atoms with van der Waals surface area (Å²) in [6.07, 6.45) is 3.92. The van der Waals surface area contributed by atoms with Gasteiger partial charge in [0.2, 0.25) is 0 Å². The number of guanidine groups is 1. The van der Waals surface area contributed by atoms with E-state index in [0.717, 1.165) is 36.5 Å². The molecule has 24 heavy (non-hydrogen) atoms. The summed E-state index contributed by atoms with van der Waals surface area (Å²) in [6.45, 7) is 11.2. The lowest BCUT2D eigenvalue weighted by Crippen LogP contribution is -2.44. The Hall–Kier alpha value is -1.56. The molecule has 0 bridgehead atoms. The van der Waals surface area contributed by atoms with Gasteiger partial charge in [0.1, 0.15) is 6.54 Å². The second-order valence-corrected chi connectivity index (χ2v) is 7.42. The van der Waals surface area contributed by atoms with Gasteiger partial charge in [-0.3, -0.25) is 4.90 Å². The van der Waals surface area contributed by atoms with Crippen LogP contribution in [0.4, 0.5) is 0 Å². The molecule has 0 radical (unpaired) electrons. The summed E-state index contributed by atoms with van der Waals surface area (Å²) in [7, 11) is 0. The molecule has 3 rings (SSSR count). The highest BCUT2D eigenvalue weighted by Crippen LogP contribution is 2.33. The summed E-state index contributed by atoms with van der Waals surface area (Å²) in [6, 6.07) is 3.97. The van der Waals surface area contributed by atoms with Gasteiger partial charge in [0.05, 0.1) is 5.69 Å². The average Bonchev–Trinajstić information content (AvgIpc) is 3.14. The van der Waals surface area contributed by atoms with Crippen molar-refractivity contribution in [3.63, 3.8) is 0 Å². The second kappa shape index (κ2) is 7.55. The lowest BCUT2D eigenvalue weighted by molar-refractivity contribution is 0.256. The zero-order valence-electron chi connectivity index (χ0n) is 15.4. The van der Waals surface area contributed by atoms with Gasteiger partial charge in [-0.15, -0.1) is 0 Å². The van der Waals surface area contributed by atoms with E-state index in [9.17, 15) is 0 Å². The topological polar surface area (TPSA) is 65.7 Å².